The maximum absolute atomic E-state index is 9.21. The Labute approximate surface area is 125 Å². The zero-order valence-corrected chi connectivity index (χ0v) is 12.2. The minimum Gasteiger partial charge on any atom is -0.396 e. The first-order valence-electron chi connectivity index (χ1n) is 7.04. The van der Waals surface area contributed by atoms with E-state index in [1.807, 2.05) is 12.1 Å². The molecule has 4 N–H and O–H groups in total. The minimum atomic E-state index is 0.290. The summed E-state index contributed by atoms with van der Waals surface area (Å²) in [4.78, 5) is 5.56. The lowest BCUT2D eigenvalue weighted by Gasteiger charge is -2.03. The number of nitrogen functional groups attached to an aromatic ring is 1. The Morgan fingerprint density at radius 2 is 2.29 bits per heavy atom. The maximum atomic E-state index is 9.21. The van der Waals surface area contributed by atoms with Crippen LogP contribution < -0.4 is 5.73 Å². The highest BCUT2D eigenvalue weighted by atomic mass is 32.1. The number of aromatic nitrogens is 3. The van der Waals surface area contributed by atoms with E-state index in [-0.39, 0.29) is 6.61 Å². The van der Waals surface area contributed by atoms with Crippen LogP contribution in [0.1, 0.15) is 12.0 Å². The first kappa shape index (κ1) is 12.8. The third kappa shape index (κ3) is 2.30. The molecule has 0 amide bonds. The Bertz CT molecular complexity index is 780. The summed E-state index contributed by atoms with van der Waals surface area (Å²) in [7, 11) is 0. The predicted octanol–water partition coefficient (Wildman–Crippen LogP) is 2.44. The molecule has 5 nitrogen and oxygen atoms in total. The van der Waals surface area contributed by atoms with Gasteiger partial charge < -0.3 is 10.8 Å². The van der Waals surface area contributed by atoms with Gasteiger partial charge >= 0.3 is 0 Å². The first-order valence-corrected chi connectivity index (χ1v) is 7.86. The molecule has 3 aromatic heterocycles. The molecule has 108 valence electrons. The molecular weight excluding hydrogens is 284 g/mol. The zero-order valence-electron chi connectivity index (χ0n) is 11.4. The lowest BCUT2D eigenvalue weighted by Crippen LogP contribution is -1.97. The van der Waals surface area contributed by atoms with E-state index in [9.17, 15) is 5.11 Å². The van der Waals surface area contributed by atoms with Crippen LogP contribution in [0, 0.1) is 11.8 Å². The smallest absolute Gasteiger partial charge is 0.124 e. The number of nitrogens with two attached hydrogens (primary N) is 1. The van der Waals surface area contributed by atoms with Crippen LogP contribution in [0.25, 0.3) is 20.8 Å². The van der Waals surface area contributed by atoms with E-state index in [4.69, 9.17) is 5.73 Å². The average molecular weight is 300 g/mol. The summed E-state index contributed by atoms with van der Waals surface area (Å²) in [6, 6.07) is 5.99. The van der Waals surface area contributed by atoms with Crippen molar-refractivity contribution < 1.29 is 5.11 Å². The highest BCUT2D eigenvalue weighted by Gasteiger charge is 2.36. The number of aliphatic hydroxyl groups excluding tert-OH is 1. The van der Waals surface area contributed by atoms with Crippen LogP contribution in [-0.4, -0.2) is 26.9 Å². The number of pyridine rings is 1. The van der Waals surface area contributed by atoms with Gasteiger partial charge in [-0.1, -0.05) is 0 Å². The molecule has 2 atom stereocenters. The van der Waals surface area contributed by atoms with Crippen molar-refractivity contribution in [1.82, 2.24) is 15.2 Å². The Morgan fingerprint density at radius 3 is 3.00 bits per heavy atom. The number of fused-ring (bicyclic) bond motifs is 1. The van der Waals surface area contributed by atoms with Crippen molar-refractivity contribution in [3.63, 3.8) is 0 Å². The van der Waals surface area contributed by atoms with Crippen molar-refractivity contribution in [3.8, 4) is 10.6 Å². The van der Waals surface area contributed by atoms with E-state index in [1.54, 1.807) is 17.5 Å². The Morgan fingerprint density at radius 1 is 1.38 bits per heavy atom. The molecule has 0 bridgehead atoms. The molecule has 0 aromatic carbocycles. The number of hydrogen-bond acceptors (Lipinski definition) is 5. The molecule has 4 rings (SSSR count). The molecule has 0 saturated heterocycles. The van der Waals surface area contributed by atoms with Gasteiger partial charge in [0.2, 0.25) is 0 Å². The van der Waals surface area contributed by atoms with Crippen molar-refractivity contribution in [2.24, 2.45) is 11.8 Å². The normalized spacial score (nSPS) is 21.0. The van der Waals surface area contributed by atoms with Gasteiger partial charge in [0.25, 0.3) is 0 Å². The largest absolute Gasteiger partial charge is 0.396 e. The standard InChI is InChI=1S/C15H16N4OS/c16-14-5-9(3-8-4-10(8)7-20)15-12(18-14)6-13(21-15)11-1-2-17-19-11/h1-2,5-6,8,10,20H,3-4,7H2,(H2,16,18)(H,17,19)/t8-,10-/m0/s1. The first-order chi connectivity index (χ1) is 10.2. The summed E-state index contributed by atoms with van der Waals surface area (Å²) in [5.41, 5.74) is 9.13. The van der Waals surface area contributed by atoms with E-state index in [0.29, 0.717) is 17.7 Å². The van der Waals surface area contributed by atoms with Gasteiger partial charge in [0, 0.05) is 12.8 Å². The second-order valence-electron chi connectivity index (χ2n) is 5.64. The third-order valence-electron chi connectivity index (χ3n) is 4.13. The van der Waals surface area contributed by atoms with Gasteiger partial charge in [0.1, 0.15) is 5.82 Å². The number of H-pyrrole nitrogens is 1. The van der Waals surface area contributed by atoms with Crippen LogP contribution in [-0.2, 0) is 6.42 Å². The number of aromatic amines is 1. The van der Waals surface area contributed by atoms with Crippen molar-refractivity contribution in [1.29, 1.82) is 0 Å². The third-order valence-corrected chi connectivity index (χ3v) is 5.36. The molecule has 6 heteroatoms. The van der Waals surface area contributed by atoms with Crippen molar-refractivity contribution in [2.75, 3.05) is 12.3 Å². The van der Waals surface area contributed by atoms with E-state index >= 15 is 0 Å². The quantitative estimate of drug-likeness (QED) is 0.690. The van der Waals surface area contributed by atoms with E-state index in [1.165, 1.54) is 10.3 Å². The molecule has 3 aromatic rings. The number of rotatable bonds is 4. The molecule has 3 heterocycles. The second-order valence-corrected chi connectivity index (χ2v) is 6.70. The molecule has 1 fully saturated rings. The number of nitrogens with one attached hydrogen (secondary N) is 1. The van der Waals surface area contributed by atoms with Gasteiger partial charge in [0.05, 0.1) is 20.8 Å². The molecule has 1 aliphatic rings. The zero-order chi connectivity index (χ0) is 14.4. The van der Waals surface area contributed by atoms with Crippen LogP contribution in [0.4, 0.5) is 5.82 Å². The fourth-order valence-corrected chi connectivity index (χ4v) is 3.95. The molecule has 0 aliphatic heterocycles. The summed E-state index contributed by atoms with van der Waals surface area (Å²) in [6.07, 6.45) is 3.83. The van der Waals surface area contributed by atoms with E-state index in [0.717, 1.165) is 28.9 Å². The second kappa shape index (κ2) is 4.82. The molecule has 21 heavy (non-hydrogen) atoms. The van der Waals surface area contributed by atoms with E-state index in [2.05, 4.69) is 21.2 Å². The predicted molar refractivity (Wildman–Crippen MR) is 84.0 cm³/mol. The lowest BCUT2D eigenvalue weighted by atomic mass is 10.1. The van der Waals surface area contributed by atoms with Gasteiger partial charge in [-0.05, 0) is 48.4 Å². The maximum Gasteiger partial charge on any atom is 0.124 e. The van der Waals surface area contributed by atoms with Gasteiger partial charge in [-0.25, -0.2) is 4.98 Å². The fraction of sp³-hybridized carbons (Fsp3) is 0.333. The summed E-state index contributed by atoms with van der Waals surface area (Å²) < 4.78 is 1.19. The Hall–Kier alpha value is -1.92. The number of thiophene rings is 1. The van der Waals surface area contributed by atoms with Crippen LogP contribution >= 0.6 is 11.3 Å². The van der Waals surface area contributed by atoms with Gasteiger partial charge in [-0.3, -0.25) is 5.10 Å². The lowest BCUT2D eigenvalue weighted by molar-refractivity contribution is 0.269. The number of anilines is 1. The van der Waals surface area contributed by atoms with Crippen molar-refractivity contribution in [3.05, 3.63) is 30.0 Å². The number of nitrogens with zero attached hydrogens (tertiary/aromatic N) is 2. The fourth-order valence-electron chi connectivity index (χ4n) is 2.85. The van der Waals surface area contributed by atoms with Gasteiger partial charge in [-0.2, -0.15) is 5.10 Å². The summed E-state index contributed by atoms with van der Waals surface area (Å²) in [5, 5.41) is 16.2. The van der Waals surface area contributed by atoms with Crippen molar-refractivity contribution in [2.45, 2.75) is 12.8 Å². The summed E-state index contributed by atoms with van der Waals surface area (Å²) in [6.45, 7) is 0.290. The molecule has 0 radical (unpaired) electrons. The summed E-state index contributed by atoms with van der Waals surface area (Å²) >= 11 is 1.72. The minimum absolute atomic E-state index is 0.290. The average Bonchev–Trinajstić information content (AvgIpc) is 2.90. The van der Waals surface area contributed by atoms with Gasteiger partial charge in [0.15, 0.2) is 0 Å². The molecule has 0 spiro atoms. The number of aliphatic hydroxyl groups is 1. The summed E-state index contributed by atoms with van der Waals surface area (Å²) in [5.74, 6) is 1.60. The Kier molecular flexibility index (Phi) is 2.94. The van der Waals surface area contributed by atoms with Crippen LogP contribution in [0.2, 0.25) is 0 Å². The molecule has 0 unspecified atom stereocenters. The van der Waals surface area contributed by atoms with Crippen LogP contribution in [0.5, 0.6) is 0 Å². The topological polar surface area (TPSA) is 87.8 Å². The van der Waals surface area contributed by atoms with E-state index < -0.39 is 0 Å². The SMILES string of the molecule is Nc1cc(C[C@H]2C[C@H]2CO)c2sc(-c3ccn[nH]3)cc2n1. The molecule has 1 aliphatic carbocycles. The van der Waals surface area contributed by atoms with Crippen molar-refractivity contribution >= 4 is 27.4 Å². The number of hydrogen-bond donors (Lipinski definition) is 3. The molecular formula is C15H16N4OS. The Balaban J connectivity index is 1.75. The van der Waals surface area contributed by atoms with Crippen LogP contribution in [0.3, 0.4) is 0 Å². The molecule has 1 saturated carbocycles. The monoisotopic (exact) mass is 300 g/mol. The highest BCUT2D eigenvalue weighted by Crippen LogP contribution is 2.43. The van der Waals surface area contributed by atoms with Gasteiger partial charge in [-0.15, -0.1) is 11.3 Å². The van der Waals surface area contributed by atoms with Crippen LogP contribution in [0.15, 0.2) is 24.4 Å². The highest BCUT2D eigenvalue weighted by molar-refractivity contribution is 7.22.